The van der Waals surface area contributed by atoms with Crippen LogP contribution in [0.15, 0.2) is 60.7 Å². The highest BCUT2D eigenvalue weighted by Gasteiger charge is 1.99. The van der Waals surface area contributed by atoms with E-state index in [1.807, 2.05) is 36.4 Å². The third-order valence-electron chi connectivity index (χ3n) is 3.59. The third kappa shape index (κ3) is 7.69. The van der Waals surface area contributed by atoms with E-state index in [4.69, 9.17) is 23.2 Å². The number of hydrogen-bond donors (Lipinski definition) is 2. The van der Waals surface area contributed by atoms with Gasteiger partial charge in [0, 0.05) is 35.3 Å². The summed E-state index contributed by atoms with van der Waals surface area (Å²) in [5.41, 5.74) is 1.57. The van der Waals surface area contributed by atoms with Crippen molar-refractivity contribution >= 4 is 47.2 Å². The molecule has 2 aromatic rings. The van der Waals surface area contributed by atoms with Crippen LogP contribution in [0.4, 0.5) is 0 Å². The van der Waals surface area contributed by atoms with Gasteiger partial charge in [0.25, 0.3) is 0 Å². The Kier molecular flexibility index (Phi) is 8.62. The van der Waals surface area contributed by atoms with Gasteiger partial charge in [0.15, 0.2) is 0 Å². The maximum atomic E-state index is 11.8. The van der Waals surface area contributed by atoms with Crippen molar-refractivity contribution in [3.63, 3.8) is 0 Å². The number of benzene rings is 2. The molecule has 2 N–H and O–H groups in total. The van der Waals surface area contributed by atoms with Crippen LogP contribution in [0.25, 0.3) is 12.2 Å². The van der Waals surface area contributed by atoms with Crippen molar-refractivity contribution in [3.8, 4) is 0 Å². The molecule has 2 amide bonds. The number of carbonyl (C=O) groups is 2. The van der Waals surface area contributed by atoms with E-state index in [1.54, 1.807) is 24.3 Å². The Hall–Kier alpha value is -2.56. The average Bonchev–Trinajstić information content (AvgIpc) is 2.66. The first-order chi connectivity index (χ1) is 13.1. The molecule has 0 spiro atoms. The Morgan fingerprint density at radius 1 is 0.741 bits per heavy atom. The summed E-state index contributed by atoms with van der Waals surface area (Å²) in [6, 6.07) is 14.6. The van der Waals surface area contributed by atoms with E-state index in [0.717, 1.165) is 11.1 Å². The van der Waals surface area contributed by atoms with Crippen LogP contribution in [0.2, 0.25) is 10.0 Å². The quantitative estimate of drug-likeness (QED) is 0.509. The Bertz CT molecular complexity index is 778. The van der Waals surface area contributed by atoms with E-state index in [2.05, 4.69) is 10.6 Å². The summed E-state index contributed by atoms with van der Waals surface area (Å²) in [5, 5.41) is 6.70. The molecule has 0 unspecified atom stereocenters. The van der Waals surface area contributed by atoms with Gasteiger partial charge in [-0.15, -0.1) is 0 Å². The molecule has 140 valence electrons. The largest absolute Gasteiger partial charge is 0.352 e. The summed E-state index contributed by atoms with van der Waals surface area (Å²) in [7, 11) is 0. The summed E-state index contributed by atoms with van der Waals surface area (Å²) >= 11 is 12.0. The highest BCUT2D eigenvalue weighted by molar-refractivity contribution is 6.32. The zero-order valence-corrected chi connectivity index (χ0v) is 16.1. The first kappa shape index (κ1) is 20.7. The van der Waals surface area contributed by atoms with Gasteiger partial charge >= 0.3 is 0 Å². The van der Waals surface area contributed by atoms with Crippen LogP contribution in [0.3, 0.4) is 0 Å². The summed E-state index contributed by atoms with van der Waals surface area (Å²) in [6.07, 6.45) is 6.83. The van der Waals surface area contributed by atoms with Crippen molar-refractivity contribution in [3.05, 3.63) is 81.9 Å². The maximum Gasteiger partial charge on any atom is 0.244 e. The molecule has 0 heterocycles. The molecule has 0 saturated heterocycles. The lowest BCUT2D eigenvalue weighted by Gasteiger charge is -2.04. The van der Waals surface area contributed by atoms with Crippen molar-refractivity contribution in [2.75, 3.05) is 13.1 Å². The van der Waals surface area contributed by atoms with Crippen LogP contribution in [0.1, 0.15) is 17.5 Å². The van der Waals surface area contributed by atoms with E-state index in [1.165, 1.54) is 12.2 Å². The third-order valence-corrected chi connectivity index (χ3v) is 4.28. The van der Waals surface area contributed by atoms with Crippen molar-refractivity contribution < 1.29 is 9.59 Å². The smallest absolute Gasteiger partial charge is 0.244 e. The van der Waals surface area contributed by atoms with Crippen molar-refractivity contribution in [2.45, 2.75) is 6.42 Å². The fourth-order valence-electron chi connectivity index (χ4n) is 2.18. The van der Waals surface area contributed by atoms with Gasteiger partial charge in [-0.1, -0.05) is 59.6 Å². The molecule has 0 aliphatic heterocycles. The molecule has 2 aromatic carbocycles. The first-order valence-corrected chi connectivity index (χ1v) is 9.23. The second-order valence-corrected chi connectivity index (χ2v) is 6.46. The van der Waals surface area contributed by atoms with Gasteiger partial charge in [0.2, 0.25) is 11.8 Å². The second kappa shape index (κ2) is 11.2. The average molecular weight is 403 g/mol. The van der Waals surface area contributed by atoms with Crippen molar-refractivity contribution in [2.24, 2.45) is 0 Å². The van der Waals surface area contributed by atoms with E-state index in [0.29, 0.717) is 29.6 Å². The van der Waals surface area contributed by atoms with Gasteiger partial charge in [0.05, 0.1) is 0 Å². The minimum Gasteiger partial charge on any atom is -0.352 e. The molecule has 0 saturated carbocycles. The van der Waals surface area contributed by atoms with Crippen LogP contribution >= 0.6 is 23.2 Å². The standard InChI is InChI=1S/C21H20Cl2N2O2/c22-18-8-3-1-6-16(18)10-12-20(26)24-14-5-15-25-21(27)13-11-17-7-2-4-9-19(17)23/h1-4,6-13H,5,14-15H2,(H,24,26)(H,25,27)/b12-10+,13-11+. The van der Waals surface area contributed by atoms with E-state index in [9.17, 15) is 9.59 Å². The molecule has 6 heteroatoms. The zero-order chi connectivity index (χ0) is 19.5. The first-order valence-electron chi connectivity index (χ1n) is 8.47. The van der Waals surface area contributed by atoms with Gasteiger partial charge in [-0.25, -0.2) is 0 Å². The zero-order valence-electron chi connectivity index (χ0n) is 14.6. The SMILES string of the molecule is O=C(/C=C/c1ccccc1Cl)NCCCNC(=O)/C=C/c1ccccc1Cl. The van der Waals surface area contributed by atoms with Crippen LogP contribution < -0.4 is 10.6 Å². The van der Waals surface area contributed by atoms with Gasteiger partial charge in [0.1, 0.15) is 0 Å². The van der Waals surface area contributed by atoms with Gasteiger partial charge < -0.3 is 10.6 Å². The lowest BCUT2D eigenvalue weighted by molar-refractivity contribution is -0.116. The molecule has 2 rings (SSSR count). The van der Waals surface area contributed by atoms with Crippen LogP contribution in [0.5, 0.6) is 0 Å². The highest BCUT2D eigenvalue weighted by Crippen LogP contribution is 2.16. The molecule has 0 bridgehead atoms. The van der Waals surface area contributed by atoms with Gasteiger partial charge in [-0.05, 0) is 41.8 Å². The molecule has 4 nitrogen and oxygen atoms in total. The predicted octanol–water partition coefficient (Wildman–Crippen LogP) is 4.34. The van der Waals surface area contributed by atoms with Crippen molar-refractivity contribution in [1.29, 1.82) is 0 Å². The summed E-state index contributed by atoms with van der Waals surface area (Å²) in [4.78, 5) is 23.5. The molecule has 0 aliphatic carbocycles. The van der Waals surface area contributed by atoms with E-state index < -0.39 is 0 Å². The summed E-state index contributed by atoms with van der Waals surface area (Å²) in [5.74, 6) is -0.417. The molecular formula is C21H20Cl2N2O2. The normalized spacial score (nSPS) is 11.0. The number of rotatable bonds is 8. The van der Waals surface area contributed by atoms with Gasteiger partial charge in [-0.2, -0.15) is 0 Å². The number of carbonyl (C=O) groups excluding carboxylic acids is 2. The topological polar surface area (TPSA) is 58.2 Å². The van der Waals surface area contributed by atoms with Crippen LogP contribution in [-0.2, 0) is 9.59 Å². The Balaban J connectivity index is 1.64. The summed E-state index contributed by atoms with van der Waals surface area (Å²) < 4.78 is 0. The lowest BCUT2D eigenvalue weighted by atomic mass is 10.2. The van der Waals surface area contributed by atoms with Crippen LogP contribution in [0, 0.1) is 0 Å². The Morgan fingerprint density at radius 3 is 1.56 bits per heavy atom. The number of hydrogen-bond acceptors (Lipinski definition) is 2. The number of amides is 2. The Morgan fingerprint density at radius 2 is 1.15 bits per heavy atom. The fourth-order valence-corrected chi connectivity index (χ4v) is 2.58. The minimum absolute atomic E-state index is 0.208. The van der Waals surface area contributed by atoms with E-state index >= 15 is 0 Å². The Labute approximate surface area is 168 Å². The maximum absolute atomic E-state index is 11.8. The molecule has 0 atom stereocenters. The molecule has 0 aliphatic rings. The number of halogens is 2. The van der Waals surface area contributed by atoms with E-state index in [-0.39, 0.29) is 11.8 Å². The molecule has 0 fully saturated rings. The molecule has 27 heavy (non-hydrogen) atoms. The fraction of sp³-hybridized carbons (Fsp3) is 0.143. The van der Waals surface area contributed by atoms with Gasteiger partial charge in [-0.3, -0.25) is 9.59 Å². The van der Waals surface area contributed by atoms with Crippen LogP contribution in [-0.4, -0.2) is 24.9 Å². The number of nitrogens with one attached hydrogen (secondary N) is 2. The monoisotopic (exact) mass is 402 g/mol. The predicted molar refractivity (Wildman–Crippen MR) is 112 cm³/mol. The van der Waals surface area contributed by atoms with Crippen molar-refractivity contribution in [1.82, 2.24) is 10.6 Å². The molecule has 0 aromatic heterocycles. The lowest BCUT2D eigenvalue weighted by Crippen LogP contribution is -2.28. The summed E-state index contributed by atoms with van der Waals surface area (Å²) in [6.45, 7) is 0.917. The molecular weight excluding hydrogens is 383 g/mol. The molecule has 0 radical (unpaired) electrons. The highest BCUT2D eigenvalue weighted by atomic mass is 35.5. The minimum atomic E-state index is -0.208. The second-order valence-electron chi connectivity index (χ2n) is 5.65.